The Morgan fingerprint density at radius 2 is 1.76 bits per heavy atom. The van der Waals surface area contributed by atoms with Crippen molar-refractivity contribution in [2.75, 3.05) is 39.3 Å². The Morgan fingerprint density at radius 3 is 2.38 bits per heavy atom. The van der Waals surface area contributed by atoms with Gasteiger partial charge in [0.05, 0.1) is 6.54 Å². The molecule has 0 bridgehead atoms. The average Bonchev–Trinajstić information content (AvgIpc) is 2.98. The third kappa shape index (κ3) is 5.19. The number of nitrogens with one attached hydrogen (secondary N) is 2. The van der Waals surface area contributed by atoms with Gasteiger partial charge in [-0.15, -0.1) is 0 Å². The van der Waals surface area contributed by atoms with Crippen LogP contribution in [0, 0.1) is 0 Å². The highest BCUT2D eigenvalue weighted by Crippen LogP contribution is 2.18. The van der Waals surface area contributed by atoms with Crippen LogP contribution in [0.25, 0.3) is 0 Å². The molecule has 0 radical (unpaired) electrons. The van der Waals surface area contributed by atoms with Crippen LogP contribution in [0.3, 0.4) is 0 Å². The predicted octanol–water partition coefficient (Wildman–Crippen LogP) is 0.782. The van der Waals surface area contributed by atoms with Gasteiger partial charge in [-0.1, -0.05) is 19.8 Å². The van der Waals surface area contributed by atoms with Gasteiger partial charge in [-0.05, 0) is 19.3 Å². The summed E-state index contributed by atoms with van der Waals surface area (Å²) in [6.07, 6.45) is 5.64. The van der Waals surface area contributed by atoms with E-state index in [2.05, 4.69) is 15.5 Å². The van der Waals surface area contributed by atoms with E-state index in [9.17, 15) is 9.59 Å². The molecule has 6 heteroatoms. The van der Waals surface area contributed by atoms with Crippen LogP contribution in [0.4, 0.5) is 4.79 Å². The molecule has 0 atom stereocenters. The van der Waals surface area contributed by atoms with E-state index in [4.69, 9.17) is 0 Å². The molecule has 2 aliphatic rings. The zero-order valence-electron chi connectivity index (χ0n) is 13.1. The van der Waals surface area contributed by atoms with Crippen molar-refractivity contribution in [3.63, 3.8) is 0 Å². The highest BCUT2D eigenvalue weighted by Gasteiger charge is 2.24. The Kier molecular flexibility index (Phi) is 6.29. The molecule has 3 amide bonds. The first-order chi connectivity index (χ1) is 10.2. The zero-order valence-corrected chi connectivity index (χ0v) is 13.1. The first kappa shape index (κ1) is 16.1. The Hall–Kier alpha value is -1.30. The van der Waals surface area contributed by atoms with Gasteiger partial charge >= 0.3 is 6.03 Å². The number of rotatable bonds is 5. The second-order valence-electron chi connectivity index (χ2n) is 6.04. The molecule has 1 aliphatic heterocycles. The molecule has 0 spiro atoms. The summed E-state index contributed by atoms with van der Waals surface area (Å²) in [6, 6.07) is 0.437. The van der Waals surface area contributed by atoms with Crippen molar-refractivity contribution >= 4 is 11.9 Å². The van der Waals surface area contributed by atoms with Crippen molar-refractivity contribution in [1.82, 2.24) is 20.4 Å². The number of hydrogen-bond donors (Lipinski definition) is 2. The predicted molar refractivity (Wildman–Crippen MR) is 82.1 cm³/mol. The molecule has 1 saturated heterocycles. The molecule has 21 heavy (non-hydrogen) atoms. The van der Waals surface area contributed by atoms with E-state index < -0.39 is 0 Å². The van der Waals surface area contributed by atoms with Crippen LogP contribution in [0.1, 0.15) is 39.0 Å². The molecule has 0 aromatic carbocycles. The van der Waals surface area contributed by atoms with Crippen molar-refractivity contribution in [2.24, 2.45) is 0 Å². The van der Waals surface area contributed by atoms with Gasteiger partial charge in [-0.2, -0.15) is 0 Å². The van der Waals surface area contributed by atoms with E-state index in [0.29, 0.717) is 25.7 Å². The summed E-state index contributed by atoms with van der Waals surface area (Å²) < 4.78 is 0. The van der Waals surface area contributed by atoms with E-state index in [1.54, 1.807) is 0 Å². The second-order valence-corrected chi connectivity index (χ2v) is 6.04. The summed E-state index contributed by atoms with van der Waals surface area (Å²) in [5.74, 6) is 0.0840. The van der Waals surface area contributed by atoms with Crippen molar-refractivity contribution < 1.29 is 9.59 Å². The van der Waals surface area contributed by atoms with Crippen LogP contribution in [0.2, 0.25) is 0 Å². The van der Waals surface area contributed by atoms with Gasteiger partial charge in [-0.3, -0.25) is 9.69 Å². The summed E-state index contributed by atoms with van der Waals surface area (Å²) in [7, 11) is 0. The highest BCUT2D eigenvalue weighted by atomic mass is 16.2. The van der Waals surface area contributed by atoms with Crippen molar-refractivity contribution in [3.05, 3.63) is 0 Å². The fourth-order valence-corrected chi connectivity index (χ4v) is 2.97. The first-order valence-electron chi connectivity index (χ1n) is 8.23. The van der Waals surface area contributed by atoms with E-state index in [0.717, 1.165) is 38.9 Å². The first-order valence-corrected chi connectivity index (χ1v) is 8.23. The minimum absolute atomic E-state index is 0.0667. The van der Waals surface area contributed by atoms with Gasteiger partial charge in [0.25, 0.3) is 0 Å². The molecule has 0 aromatic rings. The number of carbonyl (C=O) groups is 2. The van der Waals surface area contributed by atoms with Crippen molar-refractivity contribution in [1.29, 1.82) is 0 Å². The van der Waals surface area contributed by atoms with Gasteiger partial charge < -0.3 is 15.5 Å². The molecule has 0 unspecified atom stereocenters. The van der Waals surface area contributed by atoms with Crippen LogP contribution < -0.4 is 10.6 Å². The Bertz CT molecular complexity index is 348. The maximum atomic E-state index is 12.1. The molecule has 120 valence electrons. The maximum absolute atomic E-state index is 12.1. The molecule has 1 aliphatic carbocycles. The van der Waals surface area contributed by atoms with Crippen LogP contribution in [-0.4, -0.2) is 67.0 Å². The summed E-state index contributed by atoms with van der Waals surface area (Å²) in [5, 5.41) is 6.01. The van der Waals surface area contributed by atoms with Crippen LogP contribution >= 0.6 is 0 Å². The largest absolute Gasteiger partial charge is 0.355 e. The topological polar surface area (TPSA) is 64.7 Å². The summed E-state index contributed by atoms with van der Waals surface area (Å²) in [4.78, 5) is 27.8. The van der Waals surface area contributed by atoms with Gasteiger partial charge in [-0.25, -0.2) is 4.79 Å². The van der Waals surface area contributed by atoms with Crippen molar-refractivity contribution in [3.8, 4) is 0 Å². The van der Waals surface area contributed by atoms with Crippen LogP contribution in [-0.2, 0) is 4.79 Å². The maximum Gasteiger partial charge on any atom is 0.317 e. The third-order valence-corrected chi connectivity index (χ3v) is 4.28. The SMILES string of the molecule is CCCNC(=O)CN1CCN(C(=O)NC2CCCC2)CC1. The molecule has 6 nitrogen and oxygen atoms in total. The van der Waals surface area contributed by atoms with E-state index in [1.165, 1.54) is 12.8 Å². The minimum atomic E-state index is 0.0667. The minimum Gasteiger partial charge on any atom is -0.355 e. The molecular weight excluding hydrogens is 268 g/mol. The van der Waals surface area contributed by atoms with Crippen LogP contribution in [0.5, 0.6) is 0 Å². The average molecular weight is 296 g/mol. The van der Waals surface area contributed by atoms with Gasteiger partial charge in [0.1, 0.15) is 0 Å². The van der Waals surface area contributed by atoms with E-state index >= 15 is 0 Å². The monoisotopic (exact) mass is 296 g/mol. The number of urea groups is 1. The Labute approximate surface area is 127 Å². The molecular formula is C15H28N4O2. The molecule has 0 aromatic heterocycles. The normalized spacial score (nSPS) is 20.5. The van der Waals surface area contributed by atoms with E-state index in [-0.39, 0.29) is 11.9 Å². The summed E-state index contributed by atoms with van der Waals surface area (Å²) in [5.41, 5.74) is 0. The molecule has 1 saturated carbocycles. The van der Waals surface area contributed by atoms with Gasteiger partial charge in [0, 0.05) is 38.8 Å². The molecule has 2 fully saturated rings. The number of nitrogens with zero attached hydrogens (tertiary/aromatic N) is 2. The van der Waals surface area contributed by atoms with Gasteiger partial charge in [0.2, 0.25) is 5.91 Å². The summed E-state index contributed by atoms with van der Waals surface area (Å²) in [6.45, 7) is 6.19. The second kappa shape index (κ2) is 8.22. The zero-order chi connectivity index (χ0) is 15.1. The van der Waals surface area contributed by atoms with Gasteiger partial charge in [0.15, 0.2) is 0 Å². The molecule has 2 rings (SSSR count). The smallest absolute Gasteiger partial charge is 0.317 e. The standard InChI is InChI=1S/C15H28N4O2/c1-2-7-16-14(20)12-18-8-10-19(11-9-18)15(21)17-13-5-3-4-6-13/h13H,2-12H2,1H3,(H,16,20)(H,17,21). The number of amides is 3. The lowest BCUT2D eigenvalue weighted by Crippen LogP contribution is -2.54. The fourth-order valence-electron chi connectivity index (χ4n) is 2.97. The lowest BCUT2D eigenvalue weighted by molar-refractivity contribution is -0.122. The lowest BCUT2D eigenvalue weighted by Gasteiger charge is -2.34. The highest BCUT2D eigenvalue weighted by molar-refractivity contribution is 5.78. The van der Waals surface area contributed by atoms with E-state index in [1.807, 2.05) is 11.8 Å². The number of carbonyl (C=O) groups excluding carboxylic acids is 2. The number of hydrogen-bond acceptors (Lipinski definition) is 3. The summed E-state index contributed by atoms with van der Waals surface area (Å²) >= 11 is 0. The quantitative estimate of drug-likeness (QED) is 0.788. The lowest BCUT2D eigenvalue weighted by atomic mass is 10.2. The number of piperazine rings is 1. The van der Waals surface area contributed by atoms with Crippen LogP contribution in [0.15, 0.2) is 0 Å². The molecule has 1 heterocycles. The molecule has 2 N–H and O–H groups in total. The Balaban J connectivity index is 1.65. The third-order valence-electron chi connectivity index (χ3n) is 4.28. The fraction of sp³-hybridized carbons (Fsp3) is 0.867. The van der Waals surface area contributed by atoms with Crippen molar-refractivity contribution in [2.45, 2.75) is 45.1 Å². The Morgan fingerprint density at radius 1 is 1.10 bits per heavy atom.